The van der Waals surface area contributed by atoms with E-state index in [1.54, 1.807) is 0 Å². The quantitative estimate of drug-likeness (QED) is 0.196. The van der Waals surface area contributed by atoms with Crippen LogP contribution in [-0.4, -0.2) is 60.8 Å². The summed E-state index contributed by atoms with van der Waals surface area (Å²) in [5.74, 6) is -0.755. The molecule has 0 atom stereocenters. The summed E-state index contributed by atoms with van der Waals surface area (Å²) in [6.07, 6.45) is -0.288. The number of nitro benzene ring substituents is 1. The lowest BCUT2D eigenvalue weighted by Crippen LogP contribution is -2.20. The predicted octanol–water partition coefficient (Wildman–Crippen LogP) is 2.73. The third-order valence-corrected chi connectivity index (χ3v) is 5.39. The second-order valence-corrected chi connectivity index (χ2v) is 7.55. The van der Waals surface area contributed by atoms with Crippen LogP contribution in [0.5, 0.6) is 11.5 Å². The number of carbonyl (C=O) groups is 2. The van der Waals surface area contributed by atoms with Crippen molar-refractivity contribution in [3.05, 3.63) is 73.7 Å². The van der Waals surface area contributed by atoms with Crippen molar-refractivity contribution >= 4 is 29.0 Å². The van der Waals surface area contributed by atoms with E-state index in [-0.39, 0.29) is 51.8 Å². The number of H-pyrrole nitrogens is 1. The molecule has 0 saturated carbocycles. The molecule has 0 unspecified atom stereocenters. The first-order valence-electron chi connectivity index (χ1n) is 10.7. The molecular weight excluding hydrogens is 488 g/mol. The van der Waals surface area contributed by atoms with Gasteiger partial charge in [0.05, 0.1) is 73.7 Å². The number of nitrogens with zero attached hydrogens (tertiary/aromatic N) is 3. The molecule has 2 aromatic carbocycles. The molecule has 1 heterocycles. The summed E-state index contributed by atoms with van der Waals surface area (Å²) < 4.78 is 21.3. The number of carbonyl (C=O) groups excluding carboxylic acids is 2. The Morgan fingerprint density at radius 1 is 1.03 bits per heavy atom. The minimum atomic E-state index is -0.695. The van der Waals surface area contributed by atoms with E-state index in [0.29, 0.717) is 5.69 Å². The number of methoxy groups -OCH3 is 4. The van der Waals surface area contributed by atoms with Crippen LogP contribution in [0.3, 0.4) is 0 Å². The number of esters is 2. The van der Waals surface area contributed by atoms with Crippen molar-refractivity contribution in [2.45, 2.75) is 13.3 Å². The molecule has 0 aliphatic heterocycles. The van der Waals surface area contributed by atoms with Gasteiger partial charge in [-0.15, -0.1) is 0 Å². The SMILES string of the molecule is COC(=O)Cc1[nH]n(-c2ccc([N+](=O)[O-])cc2)c(=O)c1C(C)=Nc1cc(OC)c(OC)cc1C(=O)OC. The highest BCUT2D eigenvalue weighted by Gasteiger charge is 2.23. The largest absolute Gasteiger partial charge is 0.493 e. The van der Waals surface area contributed by atoms with Gasteiger partial charge in [0.1, 0.15) is 0 Å². The van der Waals surface area contributed by atoms with Gasteiger partial charge >= 0.3 is 11.9 Å². The van der Waals surface area contributed by atoms with Crippen LogP contribution in [0, 0.1) is 10.1 Å². The summed E-state index contributed by atoms with van der Waals surface area (Å²) in [5.41, 5.74) is 0.161. The van der Waals surface area contributed by atoms with Gasteiger partial charge in [0.2, 0.25) is 0 Å². The van der Waals surface area contributed by atoms with Crippen LogP contribution in [0.1, 0.15) is 28.5 Å². The van der Waals surface area contributed by atoms with Gasteiger partial charge in [-0.1, -0.05) is 0 Å². The van der Waals surface area contributed by atoms with Crippen molar-refractivity contribution in [1.82, 2.24) is 9.78 Å². The van der Waals surface area contributed by atoms with E-state index in [2.05, 4.69) is 10.1 Å². The van der Waals surface area contributed by atoms with Gasteiger partial charge in [0.15, 0.2) is 11.5 Å². The predicted molar refractivity (Wildman–Crippen MR) is 132 cm³/mol. The number of non-ortho nitro benzene ring substituents is 1. The number of hydrogen-bond acceptors (Lipinski definition) is 10. The number of ether oxygens (including phenoxy) is 4. The van der Waals surface area contributed by atoms with Gasteiger partial charge in [-0.25, -0.2) is 9.48 Å². The molecule has 0 fully saturated rings. The average molecular weight is 512 g/mol. The van der Waals surface area contributed by atoms with Crippen molar-refractivity contribution in [1.29, 1.82) is 0 Å². The number of aromatic amines is 1. The summed E-state index contributed by atoms with van der Waals surface area (Å²) in [6, 6.07) is 8.12. The number of nitrogens with one attached hydrogen (secondary N) is 1. The number of benzene rings is 2. The maximum atomic E-state index is 13.4. The molecule has 1 N–H and O–H groups in total. The molecule has 1 aromatic heterocycles. The summed E-state index contributed by atoms with van der Waals surface area (Å²) in [6.45, 7) is 1.53. The van der Waals surface area contributed by atoms with Gasteiger partial charge in [-0.05, 0) is 19.1 Å². The zero-order valence-corrected chi connectivity index (χ0v) is 20.7. The lowest BCUT2D eigenvalue weighted by molar-refractivity contribution is -0.384. The molecule has 3 aromatic rings. The molecule has 0 radical (unpaired) electrons. The van der Waals surface area contributed by atoms with Crippen LogP contribution in [0.25, 0.3) is 5.69 Å². The van der Waals surface area contributed by atoms with Crippen molar-refractivity contribution in [2.24, 2.45) is 4.99 Å². The maximum Gasteiger partial charge on any atom is 0.340 e. The number of hydrogen-bond donors (Lipinski definition) is 1. The fraction of sp³-hybridized carbons (Fsp3) is 0.250. The summed E-state index contributed by atoms with van der Waals surface area (Å²) in [7, 11) is 5.25. The topological polar surface area (TPSA) is 164 Å². The number of aromatic nitrogens is 2. The summed E-state index contributed by atoms with van der Waals surface area (Å²) in [5, 5.41) is 13.8. The number of rotatable bonds is 9. The minimum absolute atomic E-state index is 0.0503. The fourth-order valence-electron chi connectivity index (χ4n) is 3.58. The Morgan fingerprint density at radius 2 is 1.65 bits per heavy atom. The molecule has 0 saturated heterocycles. The Hall–Kier alpha value is -4.94. The lowest BCUT2D eigenvalue weighted by atomic mass is 10.1. The van der Waals surface area contributed by atoms with E-state index >= 15 is 0 Å². The zero-order chi connectivity index (χ0) is 27.3. The third-order valence-electron chi connectivity index (χ3n) is 5.39. The smallest absolute Gasteiger partial charge is 0.340 e. The highest BCUT2D eigenvalue weighted by atomic mass is 16.6. The monoisotopic (exact) mass is 512 g/mol. The Labute approximate surface area is 210 Å². The molecule has 3 rings (SSSR count). The van der Waals surface area contributed by atoms with E-state index in [1.165, 1.54) is 71.8 Å². The minimum Gasteiger partial charge on any atom is -0.493 e. The zero-order valence-electron chi connectivity index (χ0n) is 20.7. The van der Waals surface area contributed by atoms with Crippen LogP contribution >= 0.6 is 0 Å². The molecule has 37 heavy (non-hydrogen) atoms. The molecule has 0 aliphatic rings. The van der Waals surface area contributed by atoms with E-state index < -0.39 is 22.4 Å². The van der Waals surface area contributed by atoms with Crippen molar-refractivity contribution in [3.63, 3.8) is 0 Å². The highest BCUT2D eigenvalue weighted by Crippen LogP contribution is 2.35. The first-order valence-corrected chi connectivity index (χ1v) is 10.7. The number of nitro groups is 1. The Balaban J connectivity index is 2.22. The van der Waals surface area contributed by atoms with E-state index in [0.717, 1.165) is 4.68 Å². The van der Waals surface area contributed by atoms with Gasteiger partial charge in [0.25, 0.3) is 11.2 Å². The van der Waals surface area contributed by atoms with Gasteiger partial charge < -0.3 is 18.9 Å². The maximum absolute atomic E-state index is 13.4. The molecule has 0 bridgehead atoms. The molecule has 13 nitrogen and oxygen atoms in total. The van der Waals surface area contributed by atoms with Crippen LogP contribution in [0.15, 0.2) is 46.2 Å². The summed E-state index contributed by atoms with van der Waals surface area (Å²) >= 11 is 0. The first kappa shape index (κ1) is 26.7. The molecule has 0 spiro atoms. The molecule has 0 aliphatic carbocycles. The average Bonchev–Trinajstić information content (AvgIpc) is 3.22. The Bertz CT molecular complexity index is 1440. The van der Waals surface area contributed by atoms with Crippen LogP contribution in [-0.2, 0) is 20.7 Å². The summed E-state index contributed by atoms with van der Waals surface area (Å²) in [4.78, 5) is 52.9. The normalized spacial score (nSPS) is 11.1. The Morgan fingerprint density at radius 3 is 2.19 bits per heavy atom. The van der Waals surface area contributed by atoms with Crippen LogP contribution in [0.4, 0.5) is 11.4 Å². The van der Waals surface area contributed by atoms with E-state index in [1.807, 2.05) is 0 Å². The van der Waals surface area contributed by atoms with Crippen LogP contribution in [0.2, 0.25) is 0 Å². The number of aliphatic imine (C=N–C) groups is 1. The first-order chi connectivity index (χ1) is 17.6. The standard InChI is InChI=1S/C24H24N4O9/c1-13(25-17-11-20(35-3)19(34-2)10-16(17)24(31)37-5)22-18(12-21(29)36-4)26-27(23(22)30)14-6-8-15(9-7-14)28(32)33/h6-11,26H,12H2,1-5H3. The van der Waals surface area contributed by atoms with Crippen molar-refractivity contribution in [3.8, 4) is 17.2 Å². The van der Waals surface area contributed by atoms with Gasteiger partial charge in [-0.3, -0.25) is 29.8 Å². The van der Waals surface area contributed by atoms with Gasteiger partial charge in [-0.2, -0.15) is 0 Å². The Kier molecular flexibility index (Phi) is 8.07. The van der Waals surface area contributed by atoms with Crippen molar-refractivity contribution < 1.29 is 33.5 Å². The molecular formula is C24H24N4O9. The highest BCUT2D eigenvalue weighted by molar-refractivity contribution is 6.04. The fourth-order valence-corrected chi connectivity index (χ4v) is 3.58. The lowest BCUT2D eigenvalue weighted by Gasteiger charge is -2.12. The second-order valence-electron chi connectivity index (χ2n) is 7.55. The second kappa shape index (κ2) is 11.2. The molecule has 13 heteroatoms. The van der Waals surface area contributed by atoms with E-state index in [4.69, 9.17) is 18.9 Å². The van der Waals surface area contributed by atoms with Crippen LogP contribution < -0.4 is 15.0 Å². The van der Waals surface area contributed by atoms with Gasteiger partial charge in [0, 0.05) is 24.3 Å². The van der Waals surface area contributed by atoms with Crippen molar-refractivity contribution in [2.75, 3.05) is 28.4 Å². The van der Waals surface area contributed by atoms with E-state index in [9.17, 15) is 24.5 Å². The third kappa shape index (κ3) is 5.50. The molecule has 194 valence electrons. The molecule has 0 amide bonds.